The summed E-state index contributed by atoms with van der Waals surface area (Å²) in [6.45, 7) is 1.98. The van der Waals surface area contributed by atoms with E-state index in [9.17, 15) is 8.42 Å². The number of rotatable bonds is 8. The molecule has 156 valence electrons. The number of nitrogens with one attached hydrogen (secondary N) is 2. The van der Waals surface area contributed by atoms with Gasteiger partial charge in [0.05, 0.1) is 5.25 Å². The second kappa shape index (κ2) is 9.15. The molecule has 0 bridgehead atoms. The van der Waals surface area contributed by atoms with Crippen molar-refractivity contribution in [2.45, 2.75) is 37.0 Å². The van der Waals surface area contributed by atoms with Crippen LogP contribution in [0.15, 0.2) is 48.5 Å². The topological polar surface area (TPSA) is 76.7 Å². The van der Waals surface area contributed by atoms with Crippen LogP contribution in [0.1, 0.15) is 36.4 Å². The lowest BCUT2D eigenvalue weighted by molar-refractivity contribution is 0.315. The highest BCUT2D eigenvalue weighted by atomic mass is 32.2. The number of fused-ring (bicyclic) bond motifs is 1. The van der Waals surface area contributed by atoms with Crippen molar-refractivity contribution in [1.82, 2.24) is 10.0 Å². The van der Waals surface area contributed by atoms with E-state index in [1.165, 1.54) is 5.56 Å². The zero-order valence-electron chi connectivity index (χ0n) is 16.5. The summed E-state index contributed by atoms with van der Waals surface area (Å²) in [7, 11) is -3.20. The largest absolute Gasteiger partial charge is 0.492 e. The van der Waals surface area contributed by atoms with Crippen molar-refractivity contribution in [2.24, 2.45) is 0 Å². The maximum atomic E-state index is 12.1. The van der Waals surface area contributed by atoms with E-state index in [0.717, 1.165) is 49.3 Å². The highest BCUT2D eigenvalue weighted by Crippen LogP contribution is 2.33. The fourth-order valence-electron chi connectivity index (χ4n) is 3.71. The van der Waals surface area contributed by atoms with Gasteiger partial charge in [-0.25, -0.2) is 13.1 Å². The fourth-order valence-corrected chi connectivity index (χ4v) is 5.27. The Hall–Kier alpha value is -2.09. The third-order valence-corrected chi connectivity index (χ3v) is 7.51. The predicted molar refractivity (Wildman–Crippen MR) is 113 cm³/mol. The molecule has 1 aliphatic carbocycles. The number of hydrogen-bond donors (Lipinski definition) is 2. The Kier molecular flexibility index (Phi) is 6.37. The molecule has 2 aromatic rings. The molecular formula is C22H28N2O4S. The van der Waals surface area contributed by atoms with Crippen LogP contribution in [0, 0.1) is 0 Å². The minimum atomic E-state index is -3.20. The molecular weight excluding hydrogens is 388 g/mol. The summed E-state index contributed by atoms with van der Waals surface area (Å²) in [5, 5.41) is 3.33. The van der Waals surface area contributed by atoms with Crippen LogP contribution in [-0.4, -0.2) is 40.0 Å². The van der Waals surface area contributed by atoms with Crippen LogP contribution in [0.3, 0.4) is 0 Å². The van der Waals surface area contributed by atoms with Gasteiger partial charge in [-0.1, -0.05) is 36.8 Å². The zero-order valence-corrected chi connectivity index (χ0v) is 17.3. The number of sulfonamides is 1. The van der Waals surface area contributed by atoms with Crippen LogP contribution in [0.5, 0.6) is 11.5 Å². The van der Waals surface area contributed by atoms with Crippen LogP contribution in [0.2, 0.25) is 0 Å². The Morgan fingerprint density at radius 3 is 2.72 bits per heavy atom. The first-order chi connectivity index (χ1) is 14.1. The SMILES string of the molecule is O=S(=O)(NCCOc1ccc2c(c1)C(Cc1ccccc1)NCCO2)C1CCC1. The molecule has 0 saturated heterocycles. The van der Waals surface area contributed by atoms with Crippen molar-refractivity contribution < 1.29 is 17.9 Å². The summed E-state index contributed by atoms with van der Waals surface area (Å²) in [5.74, 6) is 1.59. The molecule has 1 heterocycles. The minimum absolute atomic E-state index is 0.135. The molecule has 7 heteroatoms. The second-order valence-electron chi connectivity index (χ2n) is 7.59. The van der Waals surface area contributed by atoms with Crippen molar-refractivity contribution in [1.29, 1.82) is 0 Å². The summed E-state index contributed by atoms with van der Waals surface area (Å²) in [4.78, 5) is 0. The van der Waals surface area contributed by atoms with E-state index in [0.29, 0.717) is 13.2 Å². The lowest BCUT2D eigenvalue weighted by Gasteiger charge is -2.25. The van der Waals surface area contributed by atoms with Crippen LogP contribution in [0.4, 0.5) is 0 Å². The summed E-state index contributed by atoms with van der Waals surface area (Å²) in [5.41, 5.74) is 2.33. The first-order valence-electron chi connectivity index (χ1n) is 10.3. The molecule has 1 saturated carbocycles. The third kappa shape index (κ3) is 5.10. The van der Waals surface area contributed by atoms with Gasteiger partial charge in [-0.15, -0.1) is 0 Å². The fraction of sp³-hybridized carbons (Fsp3) is 0.455. The lowest BCUT2D eigenvalue weighted by Crippen LogP contribution is -2.40. The summed E-state index contributed by atoms with van der Waals surface area (Å²) >= 11 is 0. The molecule has 0 amide bonds. The van der Waals surface area contributed by atoms with Gasteiger partial charge in [0, 0.05) is 24.7 Å². The molecule has 6 nitrogen and oxygen atoms in total. The van der Waals surface area contributed by atoms with Crippen molar-refractivity contribution in [3.63, 3.8) is 0 Å². The third-order valence-electron chi connectivity index (χ3n) is 5.55. The van der Waals surface area contributed by atoms with E-state index in [-0.39, 0.29) is 17.8 Å². The molecule has 1 aliphatic heterocycles. The van der Waals surface area contributed by atoms with Gasteiger partial charge in [0.25, 0.3) is 0 Å². The molecule has 0 aromatic heterocycles. The van der Waals surface area contributed by atoms with Gasteiger partial charge in [0.15, 0.2) is 0 Å². The first-order valence-corrected chi connectivity index (χ1v) is 11.8. The summed E-state index contributed by atoms with van der Waals surface area (Å²) < 4.78 is 38.5. The number of hydrogen-bond acceptors (Lipinski definition) is 5. The monoisotopic (exact) mass is 416 g/mol. The van der Waals surface area contributed by atoms with Gasteiger partial charge in [-0.2, -0.15) is 0 Å². The molecule has 1 atom stereocenters. The lowest BCUT2D eigenvalue weighted by atomic mass is 9.98. The summed E-state index contributed by atoms with van der Waals surface area (Å²) in [6, 6.07) is 16.3. The molecule has 2 N–H and O–H groups in total. The van der Waals surface area contributed by atoms with Gasteiger partial charge < -0.3 is 14.8 Å². The Bertz CT molecular complexity index is 914. The van der Waals surface area contributed by atoms with E-state index in [2.05, 4.69) is 22.2 Å². The number of benzene rings is 2. The molecule has 1 unspecified atom stereocenters. The molecule has 0 radical (unpaired) electrons. The van der Waals surface area contributed by atoms with Gasteiger partial charge in [0.1, 0.15) is 24.7 Å². The zero-order chi connectivity index (χ0) is 20.1. The van der Waals surface area contributed by atoms with Gasteiger partial charge in [-0.05, 0) is 43.0 Å². The average molecular weight is 417 g/mol. The molecule has 2 aliphatic rings. The smallest absolute Gasteiger partial charge is 0.214 e. The maximum absolute atomic E-state index is 12.1. The Balaban J connectivity index is 1.39. The highest BCUT2D eigenvalue weighted by molar-refractivity contribution is 7.90. The molecule has 1 fully saturated rings. The van der Waals surface area contributed by atoms with Crippen LogP contribution < -0.4 is 19.5 Å². The molecule has 0 spiro atoms. The Labute approximate surface area is 172 Å². The van der Waals surface area contributed by atoms with Crippen molar-refractivity contribution in [3.05, 3.63) is 59.7 Å². The van der Waals surface area contributed by atoms with E-state index in [1.807, 2.05) is 36.4 Å². The van der Waals surface area contributed by atoms with Crippen molar-refractivity contribution in [2.75, 3.05) is 26.3 Å². The van der Waals surface area contributed by atoms with Crippen molar-refractivity contribution >= 4 is 10.0 Å². The maximum Gasteiger partial charge on any atom is 0.214 e. The molecule has 2 aromatic carbocycles. The van der Waals surface area contributed by atoms with E-state index in [1.54, 1.807) is 0 Å². The van der Waals surface area contributed by atoms with E-state index in [4.69, 9.17) is 9.47 Å². The molecule has 29 heavy (non-hydrogen) atoms. The highest BCUT2D eigenvalue weighted by Gasteiger charge is 2.30. The average Bonchev–Trinajstić information content (AvgIpc) is 2.86. The summed E-state index contributed by atoms with van der Waals surface area (Å²) in [6.07, 6.45) is 3.38. The number of ether oxygens (including phenoxy) is 2. The standard InChI is InChI=1S/C22H28N2O4S/c25-29(26,19-7-4-8-19)24-12-14-27-18-9-10-22-20(16-18)21(23-11-13-28-22)15-17-5-2-1-3-6-17/h1-3,5-6,9-10,16,19,21,23-24H,4,7-8,11-15H2. The Morgan fingerprint density at radius 2 is 1.97 bits per heavy atom. The van der Waals surface area contributed by atoms with Crippen LogP contribution in [0.25, 0.3) is 0 Å². The van der Waals surface area contributed by atoms with E-state index < -0.39 is 10.0 Å². The first kappa shape index (κ1) is 20.2. The quantitative estimate of drug-likeness (QED) is 0.647. The predicted octanol–water partition coefficient (Wildman–Crippen LogP) is 2.80. The second-order valence-corrected chi connectivity index (χ2v) is 9.63. The van der Waals surface area contributed by atoms with E-state index >= 15 is 0 Å². The van der Waals surface area contributed by atoms with Crippen LogP contribution >= 0.6 is 0 Å². The Morgan fingerprint density at radius 1 is 1.14 bits per heavy atom. The van der Waals surface area contributed by atoms with Crippen molar-refractivity contribution in [3.8, 4) is 11.5 Å². The minimum Gasteiger partial charge on any atom is -0.492 e. The van der Waals surface area contributed by atoms with Gasteiger partial charge in [0.2, 0.25) is 10.0 Å². The molecule has 4 rings (SSSR count). The normalized spacial score (nSPS) is 19.5. The van der Waals surface area contributed by atoms with Gasteiger partial charge >= 0.3 is 0 Å². The van der Waals surface area contributed by atoms with Crippen LogP contribution in [-0.2, 0) is 16.4 Å². The van der Waals surface area contributed by atoms with Gasteiger partial charge in [-0.3, -0.25) is 0 Å².